The standard InChI is InChI=1S/C15H16FN3S/c1-19(2)14(15-4-3-7-20-15)10-18-13-6-5-12(16)8-11(13)9-17/h3-8,14,18H,10H2,1-2H3. The summed E-state index contributed by atoms with van der Waals surface area (Å²) < 4.78 is 13.1. The van der Waals surface area contributed by atoms with E-state index in [0.717, 1.165) is 0 Å². The highest BCUT2D eigenvalue weighted by molar-refractivity contribution is 7.10. The summed E-state index contributed by atoms with van der Waals surface area (Å²) in [5, 5.41) is 14.3. The molecule has 104 valence electrons. The third-order valence-corrected chi connectivity index (χ3v) is 4.06. The quantitative estimate of drug-likeness (QED) is 0.916. The average molecular weight is 289 g/mol. The van der Waals surface area contributed by atoms with Gasteiger partial charge < -0.3 is 10.2 Å². The molecule has 0 saturated heterocycles. The maximum Gasteiger partial charge on any atom is 0.124 e. The molecule has 1 atom stereocenters. The summed E-state index contributed by atoms with van der Waals surface area (Å²) >= 11 is 1.70. The minimum atomic E-state index is -0.394. The minimum Gasteiger partial charge on any atom is -0.382 e. The number of halogens is 1. The zero-order valence-corrected chi connectivity index (χ0v) is 12.2. The Bertz CT molecular complexity index is 602. The molecule has 1 aromatic heterocycles. The molecule has 0 saturated carbocycles. The summed E-state index contributed by atoms with van der Waals surface area (Å²) in [6, 6.07) is 10.6. The number of hydrogen-bond acceptors (Lipinski definition) is 4. The van der Waals surface area contributed by atoms with Gasteiger partial charge in [-0.05, 0) is 43.7 Å². The maximum atomic E-state index is 13.1. The Morgan fingerprint density at radius 3 is 2.80 bits per heavy atom. The first-order chi connectivity index (χ1) is 9.61. The minimum absolute atomic E-state index is 0.214. The Morgan fingerprint density at radius 1 is 1.40 bits per heavy atom. The Hall–Kier alpha value is -1.90. The van der Waals surface area contributed by atoms with Gasteiger partial charge in [0.15, 0.2) is 0 Å². The van der Waals surface area contributed by atoms with Crippen molar-refractivity contribution >= 4 is 17.0 Å². The van der Waals surface area contributed by atoms with Gasteiger partial charge in [0.2, 0.25) is 0 Å². The second-order valence-corrected chi connectivity index (χ2v) is 5.66. The van der Waals surface area contributed by atoms with Gasteiger partial charge in [0, 0.05) is 11.4 Å². The van der Waals surface area contributed by atoms with Crippen LogP contribution in [0.2, 0.25) is 0 Å². The molecule has 1 heterocycles. The highest BCUT2D eigenvalue weighted by atomic mass is 32.1. The Morgan fingerprint density at radius 2 is 2.20 bits per heavy atom. The zero-order valence-electron chi connectivity index (χ0n) is 11.4. The summed E-state index contributed by atoms with van der Waals surface area (Å²) in [6.45, 7) is 0.661. The van der Waals surface area contributed by atoms with E-state index in [1.165, 1.54) is 17.0 Å². The molecule has 3 nitrogen and oxygen atoms in total. The normalized spacial score (nSPS) is 12.2. The molecular formula is C15H16FN3S. The number of anilines is 1. The van der Waals surface area contributed by atoms with Crippen LogP contribution in [-0.2, 0) is 0 Å². The number of benzene rings is 1. The van der Waals surface area contributed by atoms with E-state index in [2.05, 4.69) is 16.3 Å². The van der Waals surface area contributed by atoms with Crippen LogP contribution in [0.25, 0.3) is 0 Å². The number of likely N-dealkylation sites (N-methyl/N-ethyl adjacent to an activating group) is 1. The number of thiophene rings is 1. The van der Waals surface area contributed by atoms with Gasteiger partial charge in [-0.1, -0.05) is 6.07 Å². The largest absolute Gasteiger partial charge is 0.382 e. The van der Waals surface area contributed by atoms with Crippen molar-refractivity contribution in [2.24, 2.45) is 0 Å². The van der Waals surface area contributed by atoms with E-state index in [0.29, 0.717) is 17.8 Å². The average Bonchev–Trinajstić information content (AvgIpc) is 2.93. The van der Waals surface area contributed by atoms with E-state index >= 15 is 0 Å². The van der Waals surface area contributed by atoms with E-state index in [4.69, 9.17) is 5.26 Å². The van der Waals surface area contributed by atoms with E-state index in [1.54, 1.807) is 17.4 Å². The second kappa shape index (κ2) is 6.51. The van der Waals surface area contributed by atoms with Crippen molar-refractivity contribution in [1.29, 1.82) is 5.26 Å². The molecule has 1 unspecified atom stereocenters. The van der Waals surface area contributed by atoms with Crippen molar-refractivity contribution in [1.82, 2.24) is 4.90 Å². The van der Waals surface area contributed by atoms with E-state index in [-0.39, 0.29) is 6.04 Å². The van der Waals surface area contributed by atoms with Crippen molar-refractivity contribution in [2.45, 2.75) is 6.04 Å². The van der Waals surface area contributed by atoms with Crippen molar-refractivity contribution in [2.75, 3.05) is 26.0 Å². The second-order valence-electron chi connectivity index (χ2n) is 4.68. The van der Waals surface area contributed by atoms with Crippen molar-refractivity contribution in [3.05, 3.63) is 52.0 Å². The Kier molecular flexibility index (Phi) is 4.72. The molecule has 0 aliphatic heterocycles. The number of nitrogens with one attached hydrogen (secondary N) is 1. The molecule has 0 fully saturated rings. The van der Waals surface area contributed by atoms with Gasteiger partial charge in [0.25, 0.3) is 0 Å². The van der Waals surface area contributed by atoms with Gasteiger partial charge >= 0.3 is 0 Å². The monoisotopic (exact) mass is 289 g/mol. The highest BCUT2D eigenvalue weighted by Gasteiger charge is 2.15. The third-order valence-electron chi connectivity index (χ3n) is 3.08. The molecule has 2 rings (SSSR count). The number of nitrogens with zero attached hydrogens (tertiary/aromatic N) is 2. The van der Waals surface area contributed by atoms with Gasteiger partial charge in [-0.2, -0.15) is 5.26 Å². The fourth-order valence-corrected chi connectivity index (χ4v) is 2.91. The van der Waals surface area contributed by atoms with Crippen LogP contribution in [0.4, 0.5) is 10.1 Å². The molecule has 0 bridgehead atoms. The van der Waals surface area contributed by atoms with Crippen LogP contribution in [-0.4, -0.2) is 25.5 Å². The van der Waals surface area contributed by atoms with Crippen LogP contribution >= 0.6 is 11.3 Å². The smallest absolute Gasteiger partial charge is 0.124 e. The number of rotatable bonds is 5. The predicted octanol–water partition coefficient (Wildman–Crippen LogP) is 3.47. The van der Waals surface area contributed by atoms with Gasteiger partial charge in [-0.3, -0.25) is 0 Å². The van der Waals surface area contributed by atoms with Crippen LogP contribution in [0, 0.1) is 17.1 Å². The summed E-state index contributed by atoms with van der Waals surface area (Å²) in [7, 11) is 4.03. The fourth-order valence-electron chi connectivity index (χ4n) is 1.99. The highest BCUT2D eigenvalue weighted by Crippen LogP contribution is 2.24. The first-order valence-electron chi connectivity index (χ1n) is 6.25. The van der Waals surface area contributed by atoms with Crippen LogP contribution in [0.1, 0.15) is 16.5 Å². The summed E-state index contributed by atoms with van der Waals surface area (Å²) in [5.41, 5.74) is 0.992. The lowest BCUT2D eigenvalue weighted by Gasteiger charge is -2.24. The van der Waals surface area contributed by atoms with Gasteiger partial charge in [-0.15, -0.1) is 11.3 Å². The molecule has 0 radical (unpaired) electrons. The van der Waals surface area contributed by atoms with Gasteiger partial charge in [-0.25, -0.2) is 4.39 Å². The number of hydrogen-bond donors (Lipinski definition) is 1. The zero-order chi connectivity index (χ0) is 14.5. The SMILES string of the molecule is CN(C)C(CNc1ccc(F)cc1C#N)c1cccs1. The van der Waals surface area contributed by atoms with Crippen molar-refractivity contribution < 1.29 is 4.39 Å². The van der Waals surface area contributed by atoms with E-state index in [9.17, 15) is 4.39 Å². The summed E-state index contributed by atoms with van der Waals surface area (Å²) in [5.74, 6) is -0.394. The molecular weight excluding hydrogens is 273 g/mol. The lowest BCUT2D eigenvalue weighted by molar-refractivity contribution is 0.316. The first-order valence-corrected chi connectivity index (χ1v) is 7.13. The van der Waals surface area contributed by atoms with E-state index < -0.39 is 5.82 Å². The van der Waals surface area contributed by atoms with Gasteiger partial charge in [0.1, 0.15) is 11.9 Å². The molecule has 0 aliphatic rings. The number of nitriles is 1. The van der Waals surface area contributed by atoms with E-state index in [1.807, 2.05) is 31.6 Å². The first kappa shape index (κ1) is 14.5. The van der Waals surface area contributed by atoms with Crippen LogP contribution in [0.3, 0.4) is 0 Å². The van der Waals surface area contributed by atoms with Crippen LogP contribution in [0.15, 0.2) is 35.7 Å². The molecule has 5 heteroatoms. The molecule has 0 amide bonds. The molecule has 2 aromatic rings. The molecule has 1 aromatic carbocycles. The lowest BCUT2D eigenvalue weighted by Crippen LogP contribution is -2.26. The third kappa shape index (κ3) is 3.35. The Labute approximate surface area is 122 Å². The summed E-state index contributed by atoms with van der Waals surface area (Å²) in [4.78, 5) is 3.37. The topological polar surface area (TPSA) is 39.1 Å². The fraction of sp³-hybridized carbons (Fsp3) is 0.267. The molecule has 1 N–H and O–H groups in total. The summed E-state index contributed by atoms with van der Waals surface area (Å²) in [6.07, 6.45) is 0. The molecule has 20 heavy (non-hydrogen) atoms. The van der Waals surface area contributed by atoms with Crippen LogP contribution < -0.4 is 5.32 Å². The lowest BCUT2D eigenvalue weighted by atomic mass is 10.1. The molecule has 0 spiro atoms. The van der Waals surface area contributed by atoms with Crippen molar-refractivity contribution in [3.63, 3.8) is 0 Å². The maximum absolute atomic E-state index is 13.1. The van der Waals surface area contributed by atoms with Crippen molar-refractivity contribution in [3.8, 4) is 6.07 Å². The Balaban J connectivity index is 2.13. The van der Waals surface area contributed by atoms with Crippen LogP contribution in [0.5, 0.6) is 0 Å². The predicted molar refractivity (Wildman–Crippen MR) is 80.4 cm³/mol. The molecule has 0 aliphatic carbocycles. The van der Waals surface area contributed by atoms with Gasteiger partial charge in [0.05, 0.1) is 17.3 Å².